The zero-order chi connectivity index (χ0) is 18.2. The first-order valence-corrected chi connectivity index (χ1v) is 9.75. The quantitative estimate of drug-likeness (QED) is 0.856. The Labute approximate surface area is 145 Å². The molecule has 0 radical (unpaired) electrons. The van der Waals surface area contributed by atoms with Crippen LogP contribution in [-0.2, 0) is 14.8 Å². The number of amides is 1. The molecule has 1 aromatic rings. The highest BCUT2D eigenvalue weighted by Crippen LogP contribution is 2.29. The fourth-order valence-corrected chi connectivity index (χ4v) is 5.28. The summed E-state index contributed by atoms with van der Waals surface area (Å²) in [6.07, 6.45) is 2.72. The van der Waals surface area contributed by atoms with Gasteiger partial charge in [0.15, 0.2) is 0 Å². The molecule has 0 aromatic heterocycles. The third-order valence-corrected chi connectivity index (χ3v) is 6.96. The van der Waals surface area contributed by atoms with E-state index in [4.69, 9.17) is 5.73 Å². The molecule has 9 heteroatoms. The van der Waals surface area contributed by atoms with Crippen molar-refractivity contribution in [3.63, 3.8) is 0 Å². The van der Waals surface area contributed by atoms with Gasteiger partial charge < -0.3 is 5.73 Å². The number of hydrogen-bond acceptors (Lipinski definition) is 4. The van der Waals surface area contributed by atoms with E-state index < -0.39 is 26.6 Å². The Morgan fingerprint density at radius 1 is 1.12 bits per heavy atom. The lowest BCUT2D eigenvalue weighted by Gasteiger charge is -2.38. The average molecular weight is 373 g/mol. The molecule has 0 aliphatic carbocycles. The molecule has 2 heterocycles. The number of likely N-dealkylation sites (tertiary alicyclic amines) is 1. The van der Waals surface area contributed by atoms with Crippen molar-refractivity contribution < 1.29 is 22.0 Å². The molecular weight excluding hydrogens is 352 g/mol. The van der Waals surface area contributed by atoms with Gasteiger partial charge in [-0.2, -0.15) is 4.31 Å². The van der Waals surface area contributed by atoms with Gasteiger partial charge in [-0.1, -0.05) is 0 Å². The summed E-state index contributed by atoms with van der Waals surface area (Å²) >= 11 is 0. The lowest BCUT2D eigenvalue weighted by molar-refractivity contribution is -0.123. The normalized spacial score (nSPS) is 23.8. The minimum Gasteiger partial charge on any atom is -0.368 e. The number of nitrogens with zero attached hydrogens (tertiary/aromatic N) is 2. The van der Waals surface area contributed by atoms with E-state index in [1.54, 1.807) is 0 Å². The Hall–Kier alpha value is -1.58. The molecule has 138 valence electrons. The smallest absolute Gasteiger partial charge is 0.245 e. The van der Waals surface area contributed by atoms with Gasteiger partial charge in [-0.05, 0) is 44.4 Å². The summed E-state index contributed by atoms with van der Waals surface area (Å²) in [7, 11) is -4.00. The van der Waals surface area contributed by atoms with Crippen molar-refractivity contribution in [1.82, 2.24) is 9.21 Å². The monoisotopic (exact) mass is 373 g/mol. The van der Waals surface area contributed by atoms with Crippen LogP contribution in [0.2, 0.25) is 0 Å². The molecule has 1 atom stereocenters. The number of hydrogen-bond donors (Lipinski definition) is 1. The number of piperidine rings is 1. The van der Waals surface area contributed by atoms with Crippen molar-refractivity contribution in [2.75, 3.05) is 19.6 Å². The number of carbonyl (C=O) groups excluding carboxylic acids is 1. The Morgan fingerprint density at radius 2 is 1.80 bits per heavy atom. The first kappa shape index (κ1) is 18.2. The molecule has 0 spiro atoms. The minimum atomic E-state index is -4.00. The fourth-order valence-electron chi connectivity index (χ4n) is 3.77. The largest absolute Gasteiger partial charge is 0.368 e. The second-order valence-electron chi connectivity index (χ2n) is 6.51. The fraction of sp³-hybridized carbons (Fsp3) is 0.562. The highest BCUT2D eigenvalue weighted by atomic mass is 32.2. The number of sulfonamides is 1. The molecule has 2 aliphatic rings. The lowest BCUT2D eigenvalue weighted by atomic mass is 10.0. The molecule has 1 amide bonds. The number of halogens is 2. The summed E-state index contributed by atoms with van der Waals surface area (Å²) in [4.78, 5) is 13.1. The molecule has 2 saturated heterocycles. The summed E-state index contributed by atoms with van der Waals surface area (Å²) in [6, 6.07) is 2.26. The minimum absolute atomic E-state index is 0.0875. The number of primary amides is 1. The van der Waals surface area contributed by atoms with E-state index in [0.29, 0.717) is 18.9 Å². The van der Waals surface area contributed by atoms with Crippen LogP contribution in [-0.4, -0.2) is 55.2 Å². The molecule has 0 unspecified atom stereocenters. The van der Waals surface area contributed by atoms with E-state index in [2.05, 4.69) is 4.90 Å². The van der Waals surface area contributed by atoms with E-state index in [1.807, 2.05) is 0 Å². The molecule has 0 saturated carbocycles. The summed E-state index contributed by atoms with van der Waals surface area (Å²) in [5, 5.41) is 0. The number of nitrogens with two attached hydrogens (primary N) is 1. The second kappa shape index (κ2) is 6.97. The van der Waals surface area contributed by atoms with Gasteiger partial charge in [-0.25, -0.2) is 17.2 Å². The van der Waals surface area contributed by atoms with Gasteiger partial charge in [-0.15, -0.1) is 0 Å². The third-order valence-electron chi connectivity index (χ3n) is 5.03. The van der Waals surface area contributed by atoms with E-state index in [0.717, 1.165) is 31.5 Å². The third kappa shape index (κ3) is 3.54. The lowest BCUT2D eigenvalue weighted by Crippen LogP contribution is -2.51. The molecule has 25 heavy (non-hydrogen) atoms. The van der Waals surface area contributed by atoms with Crippen LogP contribution in [0.1, 0.15) is 25.7 Å². The zero-order valence-electron chi connectivity index (χ0n) is 13.7. The maximum Gasteiger partial charge on any atom is 0.245 e. The van der Waals surface area contributed by atoms with Crippen molar-refractivity contribution in [3.8, 4) is 0 Å². The van der Waals surface area contributed by atoms with Gasteiger partial charge in [0.1, 0.15) is 16.5 Å². The summed E-state index contributed by atoms with van der Waals surface area (Å²) in [6.45, 7) is 1.23. The zero-order valence-corrected chi connectivity index (χ0v) is 14.5. The van der Waals surface area contributed by atoms with Crippen LogP contribution < -0.4 is 5.73 Å². The van der Waals surface area contributed by atoms with Crippen molar-refractivity contribution in [1.29, 1.82) is 0 Å². The first-order chi connectivity index (χ1) is 11.8. The van der Waals surface area contributed by atoms with E-state index in [9.17, 15) is 22.0 Å². The maximum absolute atomic E-state index is 13.9. The topological polar surface area (TPSA) is 83.7 Å². The van der Waals surface area contributed by atoms with Crippen LogP contribution in [0.4, 0.5) is 8.78 Å². The molecule has 3 rings (SSSR count). The molecule has 6 nitrogen and oxygen atoms in total. The maximum atomic E-state index is 13.9. The first-order valence-electron chi connectivity index (χ1n) is 8.31. The Bertz CT molecular complexity index is 764. The van der Waals surface area contributed by atoms with Gasteiger partial charge in [0, 0.05) is 25.2 Å². The summed E-state index contributed by atoms with van der Waals surface area (Å²) in [5.74, 6) is -2.25. The van der Waals surface area contributed by atoms with Crippen LogP contribution in [0.25, 0.3) is 0 Å². The van der Waals surface area contributed by atoms with Crippen molar-refractivity contribution >= 4 is 15.9 Å². The van der Waals surface area contributed by atoms with Crippen molar-refractivity contribution in [2.45, 2.75) is 42.7 Å². The van der Waals surface area contributed by atoms with Gasteiger partial charge in [0.25, 0.3) is 0 Å². The van der Waals surface area contributed by atoms with Crippen LogP contribution in [0, 0.1) is 11.6 Å². The predicted octanol–water partition coefficient (Wildman–Crippen LogP) is 1.07. The van der Waals surface area contributed by atoms with E-state index in [-0.39, 0.29) is 31.1 Å². The molecule has 2 aliphatic heterocycles. The predicted molar refractivity (Wildman–Crippen MR) is 87.1 cm³/mol. The van der Waals surface area contributed by atoms with E-state index in [1.165, 1.54) is 4.31 Å². The van der Waals surface area contributed by atoms with Crippen LogP contribution in [0.3, 0.4) is 0 Å². The van der Waals surface area contributed by atoms with Gasteiger partial charge in [0.05, 0.1) is 6.04 Å². The van der Waals surface area contributed by atoms with Crippen LogP contribution in [0.5, 0.6) is 0 Å². The van der Waals surface area contributed by atoms with E-state index >= 15 is 0 Å². The van der Waals surface area contributed by atoms with Gasteiger partial charge in [-0.3, -0.25) is 9.69 Å². The van der Waals surface area contributed by atoms with Gasteiger partial charge in [0.2, 0.25) is 15.9 Å². The number of carbonyl (C=O) groups is 1. The average Bonchev–Trinajstić information content (AvgIpc) is 3.04. The van der Waals surface area contributed by atoms with Crippen LogP contribution >= 0.6 is 0 Å². The molecule has 2 N–H and O–H groups in total. The highest BCUT2D eigenvalue weighted by molar-refractivity contribution is 7.89. The van der Waals surface area contributed by atoms with Crippen LogP contribution in [0.15, 0.2) is 23.1 Å². The van der Waals surface area contributed by atoms with Gasteiger partial charge >= 0.3 is 0 Å². The highest BCUT2D eigenvalue weighted by Gasteiger charge is 2.38. The molecule has 0 bridgehead atoms. The number of benzene rings is 1. The Morgan fingerprint density at radius 3 is 2.40 bits per heavy atom. The summed E-state index contributed by atoms with van der Waals surface area (Å²) < 4.78 is 53.3. The Kier molecular flexibility index (Phi) is 5.08. The Balaban J connectivity index is 1.70. The summed E-state index contributed by atoms with van der Waals surface area (Å²) in [5.41, 5.74) is 5.44. The van der Waals surface area contributed by atoms with Crippen molar-refractivity contribution in [3.05, 3.63) is 29.8 Å². The second-order valence-corrected chi connectivity index (χ2v) is 8.41. The molecule has 2 fully saturated rings. The standard InChI is InChI=1S/C16H21F2N3O3S/c17-11-3-4-15(13(18)10-11)25(23,24)20-8-5-12(6-9-20)21-7-1-2-14(21)16(19)22/h3-4,10,12,14H,1-2,5-9H2,(H2,19,22)/t14-/m0/s1. The molecular formula is C16H21F2N3O3S. The van der Waals surface area contributed by atoms with Crippen molar-refractivity contribution in [2.24, 2.45) is 5.73 Å². The molecule has 1 aromatic carbocycles. The SMILES string of the molecule is NC(=O)[C@@H]1CCCN1C1CCN(S(=O)(=O)c2ccc(F)cc2F)CC1. The number of rotatable bonds is 4.